The molecular formula is C41H27N3S. The second-order valence-electron chi connectivity index (χ2n) is 11.3. The summed E-state index contributed by atoms with van der Waals surface area (Å²) in [6.07, 6.45) is 3.70. The SMILES string of the molecule is c1ccc(-c2cccc3c2Sc2ccccc2N3c2ccc3c(c2)c2ccccc2n3-c2cccc(-c3ccncc3)c2)cc1. The fraction of sp³-hybridized carbons (Fsp3) is 0. The maximum Gasteiger partial charge on any atom is 0.0607 e. The van der Waals surface area contributed by atoms with E-state index >= 15 is 0 Å². The van der Waals surface area contributed by atoms with Crippen LogP contribution in [0.1, 0.15) is 0 Å². The van der Waals surface area contributed by atoms with Gasteiger partial charge in [0.2, 0.25) is 0 Å². The van der Waals surface area contributed by atoms with Gasteiger partial charge in [-0.1, -0.05) is 96.7 Å². The fourth-order valence-corrected chi connectivity index (χ4v) is 7.84. The predicted molar refractivity (Wildman–Crippen MR) is 188 cm³/mol. The number of hydrogen-bond donors (Lipinski definition) is 0. The van der Waals surface area contributed by atoms with Crippen molar-refractivity contribution in [3.05, 3.63) is 164 Å². The van der Waals surface area contributed by atoms with E-state index in [1.165, 1.54) is 59.7 Å². The van der Waals surface area contributed by atoms with Crippen LogP contribution in [0.25, 0.3) is 49.7 Å². The second kappa shape index (κ2) is 10.5. The molecule has 0 atom stereocenters. The van der Waals surface area contributed by atoms with Crippen LogP contribution >= 0.6 is 11.8 Å². The molecule has 0 fully saturated rings. The van der Waals surface area contributed by atoms with Gasteiger partial charge >= 0.3 is 0 Å². The van der Waals surface area contributed by atoms with Gasteiger partial charge in [-0.3, -0.25) is 4.98 Å². The zero-order valence-electron chi connectivity index (χ0n) is 24.3. The highest BCUT2D eigenvalue weighted by Gasteiger charge is 2.27. The van der Waals surface area contributed by atoms with Gasteiger partial charge in [0.1, 0.15) is 0 Å². The standard InChI is InChI=1S/C41H27N3S/c1-2-10-29(11-3-1)33-15-9-18-39-41(33)45-40-19-7-6-17-38(40)44(39)32-20-21-37-35(27-32)34-14-4-5-16-36(34)43(37)31-13-8-12-30(26-31)28-22-24-42-25-23-28/h1-27H. The maximum absolute atomic E-state index is 4.21. The van der Waals surface area contributed by atoms with E-state index in [1.54, 1.807) is 0 Å². The van der Waals surface area contributed by atoms with E-state index < -0.39 is 0 Å². The molecule has 6 aromatic carbocycles. The van der Waals surface area contributed by atoms with Gasteiger partial charge in [0, 0.05) is 44.3 Å². The molecule has 0 amide bonds. The van der Waals surface area contributed by atoms with Crippen molar-refractivity contribution in [1.82, 2.24) is 9.55 Å². The monoisotopic (exact) mass is 593 g/mol. The Balaban J connectivity index is 1.25. The van der Waals surface area contributed by atoms with Crippen LogP contribution in [0.5, 0.6) is 0 Å². The summed E-state index contributed by atoms with van der Waals surface area (Å²) in [5, 5.41) is 2.47. The van der Waals surface area contributed by atoms with Gasteiger partial charge < -0.3 is 9.47 Å². The van der Waals surface area contributed by atoms with Gasteiger partial charge in [0.05, 0.1) is 22.4 Å². The quantitative estimate of drug-likeness (QED) is 0.203. The Morgan fingerprint density at radius 2 is 1.20 bits per heavy atom. The number of aromatic nitrogens is 2. The van der Waals surface area contributed by atoms with E-state index in [0.717, 1.165) is 16.9 Å². The summed E-state index contributed by atoms with van der Waals surface area (Å²) in [5.74, 6) is 0. The first-order chi connectivity index (χ1) is 22.3. The van der Waals surface area contributed by atoms with E-state index in [9.17, 15) is 0 Å². The molecule has 0 radical (unpaired) electrons. The molecule has 0 saturated carbocycles. The van der Waals surface area contributed by atoms with E-state index in [2.05, 4.69) is 166 Å². The third-order valence-corrected chi connectivity index (χ3v) is 9.87. The second-order valence-corrected chi connectivity index (χ2v) is 12.3. The Labute approximate surface area is 266 Å². The minimum absolute atomic E-state index is 1.14. The van der Waals surface area contributed by atoms with Gasteiger partial charge in [-0.2, -0.15) is 0 Å². The number of nitrogens with zero attached hydrogens (tertiary/aromatic N) is 3. The summed E-state index contributed by atoms with van der Waals surface area (Å²) < 4.78 is 2.39. The molecule has 3 heterocycles. The zero-order chi connectivity index (χ0) is 29.7. The first-order valence-electron chi connectivity index (χ1n) is 15.1. The average molecular weight is 594 g/mol. The Kier molecular flexibility index (Phi) is 6.06. The molecule has 0 aliphatic carbocycles. The van der Waals surface area contributed by atoms with Crippen LogP contribution in [0.15, 0.2) is 174 Å². The highest BCUT2D eigenvalue weighted by Crippen LogP contribution is 2.54. The Morgan fingerprint density at radius 3 is 2.11 bits per heavy atom. The molecule has 45 heavy (non-hydrogen) atoms. The Hall–Kier alpha value is -5.58. The molecule has 4 heteroatoms. The molecule has 0 bridgehead atoms. The molecule has 0 spiro atoms. The van der Waals surface area contributed by atoms with Crippen LogP contribution in [0.4, 0.5) is 17.1 Å². The predicted octanol–water partition coefficient (Wildman–Crippen LogP) is 11.4. The van der Waals surface area contributed by atoms with Gasteiger partial charge in [-0.25, -0.2) is 0 Å². The van der Waals surface area contributed by atoms with Crippen LogP contribution in [0.2, 0.25) is 0 Å². The summed E-state index contributed by atoms with van der Waals surface area (Å²) in [4.78, 5) is 9.17. The minimum atomic E-state index is 1.14. The summed E-state index contributed by atoms with van der Waals surface area (Å²) in [5.41, 5.74) is 11.9. The van der Waals surface area contributed by atoms with Crippen molar-refractivity contribution in [2.24, 2.45) is 0 Å². The number of para-hydroxylation sites is 2. The normalized spacial score (nSPS) is 12.3. The maximum atomic E-state index is 4.21. The Bertz CT molecular complexity index is 2360. The van der Waals surface area contributed by atoms with Crippen LogP contribution in [0.3, 0.4) is 0 Å². The van der Waals surface area contributed by atoms with Crippen molar-refractivity contribution in [3.63, 3.8) is 0 Å². The lowest BCUT2D eigenvalue weighted by Crippen LogP contribution is -2.15. The third kappa shape index (κ3) is 4.26. The van der Waals surface area contributed by atoms with Crippen molar-refractivity contribution in [1.29, 1.82) is 0 Å². The summed E-state index contributed by atoms with van der Waals surface area (Å²) in [6.45, 7) is 0. The number of anilines is 3. The van der Waals surface area contributed by atoms with E-state index in [4.69, 9.17) is 0 Å². The van der Waals surface area contributed by atoms with Crippen LogP contribution in [0, 0.1) is 0 Å². The van der Waals surface area contributed by atoms with Crippen LogP contribution in [-0.2, 0) is 0 Å². The first-order valence-corrected chi connectivity index (χ1v) is 15.9. The highest BCUT2D eigenvalue weighted by atomic mass is 32.2. The summed E-state index contributed by atoms with van der Waals surface area (Å²) >= 11 is 1.86. The number of fused-ring (bicyclic) bond motifs is 5. The molecule has 9 rings (SSSR count). The molecule has 3 nitrogen and oxygen atoms in total. The van der Waals surface area contributed by atoms with Crippen molar-refractivity contribution >= 4 is 50.6 Å². The summed E-state index contributed by atoms with van der Waals surface area (Å²) in [6, 6.07) is 54.7. The van der Waals surface area contributed by atoms with Gasteiger partial charge in [-0.15, -0.1) is 0 Å². The zero-order valence-corrected chi connectivity index (χ0v) is 25.2. The molecule has 1 aliphatic rings. The van der Waals surface area contributed by atoms with E-state index in [1.807, 2.05) is 24.2 Å². The molecule has 0 N–H and O–H groups in total. The van der Waals surface area contributed by atoms with Crippen molar-refractivity contribution in [2.75, 3.05) is 4.90 Å². The van der Waals surface area contributed by atoms with E-state index in [0.29, 0.717) is 0 Å². The van der Waals surface area contributed by atoms with Gasteiger partial charge in [0.15, 0.2) is 0 Å². The van der Waals surface area contributed by atoms with Crippen molar-refractivity contribution in [2.45, 2.75) is 9.79 Å². The van der Waals surface area contributed by atoms with E-state index in [-0.39, 0.29) is 0 Å². The number of benzene rings is 6. The topological polar surface area (TPSA) is 21.1 Å². The molecule has 0 unspecified atom stereocenters. The Morgan fingerprint density at radius 1 is 0.467 bits per heavy atom. The molecule has 8 aromatic rings. The third-order valence-electron chi connectivity index (χ3n) is 8.67. The average Bonchev–Trinajstić information content (AvgIpc) is 3.45. The molecule has 2 aromatic heterocycles. The lowest BCUT2D eigenvalue weighted by Gasteiger charge is -2.34. The number of rotatable bonds is 4. The van der Waals surface area contributed by atoms with Crippen molar-refractivity contribution in [3.8, 4) is 27.9 Å². The smallest absolute Gasteiger partial charge is 0.0607 e. The highest BCUT2D eigenvalue weighted by molar-refractivity contribution is 8.00. The summed E-state index contributed by atoms with van der Waals surface area (Å²) in [7, 11) is 0. The van der Waals surface area contributed by atoms with Gasteiger partial charge in [0.25, 0.3) is 0 Å². The van der Waals surface area contributed by atoms with Crippen LogP contribution in [-0.4, -0.2) is 9.55 Å². The molecule has 212 valence electrons. The number of pyridine rings is 1. The molecular weight excluding hydrogens is 567 g/mol. The van der Waals surface area contributed by atoms with Crippen molar-refractivity contribution < 1.29 is 0 Å². The lowest BCUT2D eigenvalue weighted by atomic mass is 10.0. The molecule has 0 saturated heterocycles. The first kappa shape index (κ1) is 25.9. The largest absolute Gasteiger partial charge is 0.309 e. The molecule has 1 aliphatic heterocycles. The van der Waals surface area contributed by atoms with Crippen LogP contribution < -0.4 is 4.90 Å². The lowest BCUT2D eigenvalue weighted by molar-refractivity contribution is 1.16. The fourth-order valence-electron chi connectivity index (χ4n) is 6.65. The van der Waals surface area contributed by atoms with Gasteiger partial charge in [-0.05, 0) is 89.0 Å². The number of hydrogen-bond acceptors (Lipinski definition) is 3. The minimum Gasteiger partial charge on any atom is -0.309 e.